The maximum atomic E-state index is 12.4. The molecule has 0 saturated heterocycles. The lowest BCUT2D eigenvalue weighted by Gasteiger charge is -2.16. The molecule has 2 aromatic carbocycles. The van der Waals surface area contributed by atoms with Crippen molar-refractivity contribution < 1.29 is 9.53 Å². The van der Waals surface area contributed by atoms with Crippen LogP contribution in [0.15, 0.2) is 47.6 Å². The van der Waals surface area contributed by atoms with Gasteiger partial charge in [0.2, 0.25) is 5.91 Å². The molecule has 31 heavy (non-hydrogen) atoms. The highest BCUT2D eigenvalue weighted by Crippen LogP contribution is 2.25. The fourth-order valence-electron chi connectivity index (χ4n) is 3.15. The van der Waals surface area contributed by atoms with Gasteiger partial charge in [-0.15, -0.1) is 10.2 Å². The van der Waals surface area contributed by atoms with Crippen LogP contribution in [-0.2, 0) is 17.8 Å². The van der Waals surface area contributed by atoms with E-state index in [1.54, 1.807) is 12.1 Å². The molecular formula is C23H27ClN4O2S. The molecule has 0 aliphatic rings. The number of nitrogens with one attached hydrogen (secondary N) is 1. The minimum Gasteiger partial charge on any atom is -0.483 e. The zero-order valence-corrected chi connectivity index (χ0v) is 19.8. The third-order valence-corrected chi connectivity index (χ3v) is 6.07. The fourth-order valence-corrected chi connectivity index (χ4v) is 4.19. The van der Waals surface area contributed by atoms with E-state index in [1.165, 1.54) is 17.3 Å². The number of benzene rings is 2. The predicted molar refractivity (Wildman–Crippen MR) is 126 cm³/mol. The molecule has 3 aromatic rings. The Bertz CT molecular complexity index is 1040. The summed E-state index contributed by atoms with van der Waals surface area (Å²) in [6.45, 7) is 8.69. The first-order valence-corrected chi connectivity index (χ1v) is 11.6. The molecule has 0 spiro atoms. The number of aromatic nitrogens is 3. The standard InChI is InChI=1S/C23H27ClN4O2S/c1-5-17-7-10-19(11-8-17)30-16(4)22-26-27-23(28(22)6-2)31-14-21(29)25-20-12-9-18(24)13-15(20)3/h7-13,16H,5-6,14H2,1-4H3,(H,25,29)/t16-/m1/s1. The summed E-state index contributed by atoms with van der Waals surface area (Å²) in [5.41, 5.74) is 2.94. The van der Waals surface area contributed by atoms with Crippen LogP contribution < -0.4 is 10.1 Å². The van der Waals surface area contributed by atoms with Crippen molar-refractivity contribution in [2.24, 2.45) is 0 Å². The molecule has 3 rings (SSSR count). The highest BCUT2D eigenvalue weighted by Gasteiger charge is 2.19. The van der Waals surface area contributed by atoms with Gasteiger partial charge >= 0.3 is 0 Å². The van der Waals surface area contributed by atoms with Crippen molar-refractivity contribution >= 4 is 35.0 Å². The fraction of sp³-hybridized carbons (Fsp3) is 0.348. The summed E-state index contributed by atoms with van der Waals surface area (Å²) in [6.07, 6.45) is 0.728. The van der Waals surface area contributed by atoms with Crippen molar-refractivity contribution in [3.63, 3.8) is 0 Å². The molecule has 0 aliphatic heterocycles. The summed E-state index contributed by atoms with van der Waals surface area (Å²) in [5, 5.41) is 12.9. The van der Waals surface area contributed by atoms with Gasteiger partial charge in [-0.05, 0) is 68.7 Å². The smallest absolute Gasteiger partial charge is 0.234 e. The van der Waals surface area contributed by atoms with Gasteiger partial charge in [-0.1, -0.05) is 42.4 Å². The van der Waals surface area contributed by atoms with Crippen LogP contribution in [0.2, 0.25) is 5.02 Å². The van der Waals surface area contributed by atoms with Gasteiger partial charge in [0.1, 0.15) is 5.75 Å². The monoisotopic (exact) mass is 458 g/mol. The molecular weight excluding hydrogens is 432 g/mol. The first kappa shape index (κ1) is 23.2. The van der Waals surface area contributed by atoms with Gasteiger partial charge in [0.05, 0.1) is 5.75 Å². The molecule has 1 N–H and O–H groups in total. The number of rotatable bonds is 9. The van der Waals surface area contributed by atoms with Crippen LogP contribution in [0.1, 0.15) is 43.8 Å². The number of anilines is 1. The van der Waals surface area contributed by atoms with E-state index < -0.39 is 0 Å². The van der Waals surface area contributed by atoms with E-state index in [0.29, 0.717) is 16.7 Å². The lowest BCUT2D eigenvalue weighted by Crippen LogP contribution is -2.16. The van der Waals surface area contributed by atoms with E-state index in [9.17, 15) is 4.79 Å². The summed E-state index contributed by atoms with van der Waals surface area (Å²) in [5.74, 6) is 1.65. The van der Waals surface area contributed by atoms with Gasteiger partial charge in [0.25, 0.3) is 0 Å². The van der Waals surface area contributed by atoms with Gasteiger partial charge in [-0.25, -0.2) is 0 Å². The van der Waals surface area contributed by atoms with Crippen molar-refractivity contribution in [3.05, 3.63) is 64.4 Å². The van der Waals surface area contributed by atoms with Crippen LogP contribution in [-0.4, -0.2) is 26.4 Å². The average Bonchev–Trinajstić information content (AvgIpc) is 3.18. The summed E-state index contributed by atoms with van der Waals surface area (Å²) < 4.78 is 8.04. The normalized spacial score (nSPS) is 11.9. The van der Waals surface area contributed by atoms with Gasteiger partial charge in [-0.3, -0.25) is 4.79 Å². The van der Waals surface area contributed by atoms with Crippen LogP contribution in [0, 0.1) is 6.92 Å². The van der Waals surface area contributed by atoms with E-state index in [1.807, 2.05) is 43.5 Å². The Labute approximate surface area is 192 Å². The van der Waals surface area contributed by atoms with Crippen LogP contribution in [0.25, 0.3) is 0 Å². The number of thioether (sulfide) groups is 1. The Morgan fingerprint density at radius 2 is 1.94 bits per heavy atom. The van der Waals surface area contributed by atoms with E-state index in [-0.39, 0.29) is 17.8 Å². The van der Waals surface area contributed by atoms with Crippen LogP contribution in [0.5, 0.6) is 5.75 Å². The molecule has 1 heterocycles. The molecule has 0 bridgehead atoms. The maximum Gasteiger partial charge on any atom is 0.234 e. The second kappa shape index (κ2) is 10.7. The molecule has 0 radical (unpaired) electrons. The zero-order valence-electron chi connectivity index (χ0n) is 18.2. The SMILES string of the molecule is CCc1ccc(O[C@H](C)c2nnc(SCC(=O)Nc3ccc(Cl)cc3C)n2CC)cc1. The molecule has 8 heteroatoms. The average molecular weight is 459 g/mol. The minimum absolute atomic E-state index is 0.108. The Balaban J connectivity index is 1.62. The van der Waals surface area contributed by atoms with E-state index in [4.69, 9.17) is 16.3 Å². The Morgan fingerprint density at radius 3 is 2.58 bits per heavy atom. The summed E-state index contributed by atoms with van der Waals surface area (Å²) in [7, 11) is 0. The Kier molecular flexibility index (Phi) is 7.98. The maximum absolute atomic E-state index is 12.4. The molecule has 0 saturated carbocycles. The number of nitrogens with zero attached hydrogens (tertiary/aromatic N) is 3. The number of hydrogen-bond donors (Lipinski definition) is 1. The molecule has 0 aliphatic carbocycles. The number of carbonyl (C=O) groups excluding carboxylic acids is 1. The lowest BCUT2D eigenvalue weighted by atomic mass is 10.2. The molecule has 1 atom stereocenters. The molecule has 1 amide bonds. The largest absolute Gasteiger partial charge is 0.483 e. The van der Waals surface area contributed by atoms with Gasteiger partial charge in [0.15, 0.2) is 17.1 Å². The van der Waals surface area contributed by atoms with Crippen LogP contribution >= 0.6 is 23.4 Å². The third-order valence-electron chi connectivity index (χ3n) is 4.86. The summed E-state index contributed by atoms with van der Waals surface area (Å²) in [6, 6.07) is 13.5. The minimum atomic E-state index is -0.264. The topological polar surface area (TPSA) is 69.0 Å². The predicted octanol–water partition coefficient (Wildman–Crippen LogP) is 5.69. The molecule has 1 aromatic heterocycles. The summed E-state index contributed by atoms with van der Waals surface area (Å²) in [4.78, 5) is 12.4. The van der Waals surface area contributed by atoms with E-state index in [2.05, 4.69) is 34.6 Å². The molecule has 0 unspecified atom stereocenters. The van der Waals surface area contributed by atoms with Crippen molar-refractivity contribution in [2.75, 3.05) is 11.1 Å². The highest BCUT2D eigenvalue weighted by atomic mass is 35.5. The van der Waals surface area contributed by atoms with E-state index >= 15 is 0 Å². The molecule has 0 fully saturated rings. The van der Waals surface area contributed by atoms with Crippen molar-refractivity contribution in [2.45, 2.75) is 51.9 Å². The van der Waals surface area contributed by atoms with Crippen LogP contribution in [0.4, 0.5) is 5.69 Å². The molecule has 164 valence electrons. The highest BCUT2D eigenvalue weighted by molar-refractivity contribution is 7.99. The first-order valence-electron chi connectivity index (χ1n) is 10.3. The third kappa shape index (κ3) is 6.02. The number of aryl methyl sites for hydroxylation is 2. The quantitative estimate of drug-likeness (QED) is 0.417. The first-order chi connectivity index (χ1) is 14.9. The Morgan fingerprint density at radius 1 is 1.19 bits per heavy atom. The van der Waals surface area contributed by atoms with Gasteiger partial charge < -0.3 is 14.6 Å². The number of hydrogen-bond acceptors (Lipinski definition) is 5. The van der Waals surface area contributed by atoms with Gasteiger partial charge in [-0.2, -0.15) is 0 Å². The van der Waals surface area contributed by atoms with Crippen LogP contribution in [0.3, 0.4) is 0 Å². The Hall–Kier alpha value is -2.51. The number of carbonyl (C=O) groups is 1. The van der Waals surface area contributed by atoms with Crippen molar-refractivity contribution in [1.29, 1.82) is 0 Å². The summed E-state index contributed by atoms with van der Waals surface area (Å²) >= 11 is 7.33. The number of halogens is 1. The number of amides is 1. The van der Waals surface area contributed by atoms with Crippen molar-refractivity contribution in [3.8, 4) is 5.75 Å². The zero-order chi connectivity index (χ0) is 22.4. The second-order valence-electron chi connectivity index (χ2n) is 7.14. The molecule has 6 nitrogen and oxygen atoms in total. The second-order valence-corrected chi connectivity index (χ2v) is 8.52. The van der Waals surface area contributed by atoms with E-state index in [0.717, 1.165) is 29.2 Å². The lowest BCUT2D eigenvalue weighted by molar-refractivity contribution is -0.113. The van der Waals surface area contributed by atoms with Crippen molar-refractivity contribution in [1.82, 2.24) is 14.8 Å². The number of ether oxygens (including phenoxy) is 1. The van der Waals surface area contributed by atoms with Gasteiger partial charge in [0, 0.05) is 17.3 Å².